The van der Waals surface area contributed by atoms with E-state index in [0.29, 0.717) is 30.1 Å². The maximum atomic E-state index is 13.7. The number of aromatic nitrogens is 2. The molecule has 2 aromatic carbocycles. The van der Waals surface area contributed by atoms with E-state index in [-0.39, 0.29) is 12.4 Å². The van der Waals surface area contributed by atoms with E-state index >= 15 is 0 Å². The van der Waals surface area contributed by atoms with Crippen molar-refractivity contribution < 1.29 is 21.6 Å². The molecule has 0 aliphatic carbocycles. The van der Waals surface area contributed by atoms with E-state index in [4.69, 9.17) is 4.42 Å². The molecule has 0 N–H and O–H groups in total. The van der Waals surface area contributed by atoms with Gasteiger partial charge in [-0.2, -0.15) is 8.78 Å². The van der Waals surface area contributed by atoms with Gasteiger partial charge in [-0.25, -0.2) is 8.42 Å². The molecule has 0 radical (unpaired) electrons. The minimum Gasteiger partial charge on any atom is -0.415 e. The Hall–Kier alpha value is -2.85. The normalized spacial score (nSPS) is 15.8. The first-order chi connectivity index (χ1) is 16.3. The number of para-hydroxylation sites is 1. The second kappa shape index (κ2) is 10.2. The van der Waals surface area contributed by atoms with Gasteiger partial charge in [0.05, 0.1) is 17.5 Å². The summed E-state index contributed by atoms with van der Waals surface area (Å²) >= 11 is 0. The van der Waals surface area contributed by atoms with Crippen molar-refractivity contribution in [3.05, 3.63) is 66.1 Å². The number of rotatable bonds is 8. The molecule has 10 heteroatoms. The first kappa shape index (κ1) is 24.3. The number of sulfonamides is 1. The zero-order valence-corrected chi connectivity index (χ0v) is 20.0. The van der Waals surface area contributed by atoms with Crippen LogP contribution in [0.1, 0.15) is 44.6 Å². The molecule has 4 rings (SSSR count). The quantitative estimate of drug-likeness (QED) is 0.448. The molecule has 3 aromatic rings. The van der Waals surface area contributed by atoms with E-state index in [1.807, 2.05) is 18.2 Å². The molecule has 7 nitrogen and oxygen atoms in total. The summed E-state index contributed by atoms with van der Waals surface area (Å²) in [6.45, 7) is 5.91. The van der Waals surface area contributed by atoms with Gasteiger partial charge in [0, 0.05) is 11.6 Å². The molecule has 1 aliphatic rings. The number of benzene rings is 2. The molecular formula is C24H28F2N4O3S. The lowest BCUT2D eigenvalue weighted by Gasteiger charge is -2.37. The van der Waals surface area contributed by atoms with Crippen LogP contribution in [0.3, 0.4) is 0 Å². The Kier molecular flexibility index (Phi) is 7.27. The van der Waals surface area contributed by atoms with Crippen LogP contribution in [0.25, 0.3) is 11.5 Å². The second-order valence-electron chi connectivity index (χ2n) is 8.66. The second-order valence-corrected chi connectivity index (χ2v) is 10.8. The van der Waals surface area contributed by atoms with E-state index in [1.54, 1.807) is 36.4 Å². The Morgan fingerprint density at radius 2 is 1.68 bits per heavy atom. The van der Waals surface area contributed by atoms with E-state index in [9.17, 15) is 17.2 Å². The fourth-order valence-corrected chi connectivity index (χ4v) is 6.06. The molecular weight excluding hydrogens is 462 g/mol. The number of alkyl halides is 2. The molecule has 1 aliphatic heterocycles. The Morgan fingerprint density at radius 1 is 1.03 bits per heavy atom. The Morgan fingerprint density at radius 3 is 2.24 bits per heavy atom. The SMILES string of the molecule is CC(C)N1CCC(S(=O)(=O)N(Cc2ccc(-c3nnc(C(F)F)o3)cc2)c2ccccc2)CC1. The summed E-state index contributed by atoms with van der Waals surface area (Å²) in [5, 5.41) is 6.55. The minimum absolute atomic E-state index is 0.00806. The average Bonchev–Trinajstić information content (AvgIpc) is 3.34. The van der Waals surface area contributed by atoms with Crippen LogP contribution in [0, 0.1) is 0 Å². The van der Waals surface area contributed by atoms with E-state index in [1.165, 1.54) is 4.31 Å². The van der Waals surface area contributed by atoms with Gasteiger partial charge in [-0.3, -0.25) is 4.31 Å². The standard InChI is InChI=1S/C24H28F2N4O3S/c1-17(2)29-14-12-21(13-15-29)34(31,32)30(20-6-4-3-5-7-20)16-18-8-10-19(11-9-18)23-27-28-24(33-23)22(25)26/h3-11,17,21-22H,12-16H2,1-2H3. The van der Waals surface area contributed by atoms with Crippen molar-refractivity contribution in [3.63, 3.8) is 0 Å². The zero-order chi connectivity index (χ0) is 24.3. The number of nitrogens with zero attached hydrogens (tertiary/aromatic N) is 4. The summed E-state index contributed by atoms with van der Waals surface area (Å²) in [7, 11) is -3.61. The fourth-order valence-electron chi connectivity index (χ4n) is 4.15. The number of likely N-dealkylation sites (tertiary alicyclic amines) is 1. The summed E-state index contributed by atoms with van der Waals surface area (Å²) in [5.41, 5.74) is 1.85. The molecule has 182 valence electrons. The largest absolute Gasteiger partial charge is 0.415 e. The lowest BCUT2D eigenvalue weighted by molar-refractivity contribution is 0.116. The summed E-state index contributed by atoms with van der Waals surface area (Å²) in [6.07, 6.45) is -1.66. The summed E-state index contributed by atoms with van der Waals surface area (Å²) in [4.78, 5) is 2.30. The topological polar surface area (TPSA) is 79.5 Å². The third kappa shape index (κ3) is 5.28. The van der Waals surface area contributed by atoms with Gasteiger partial charge in [-0.05, 0) is 69.6 Å². The highest BCUT2D eigenvalue weighted by molar-refractivity contribution is 7.93. The highest BCUT2D eigenvalue weighted by Crippen LogP contribution is 2.29. The summed E-state index contributed by atoms with van der Waals surface area (Å²) < 4.78 is 59.4. The molecule has 0 unspecified atom stereocenters. The lowest BCUT2D eigenvalue weighted by Crippen LogP contribution is -2.47. The van der Waals surface area contributed by atoms with Gasteiger partial charge in [0.1, 0.15) is 0 Å². The lowest BCUT2D eigenvalue weighted by atomic mass is 10.1. The van der Waals surface area contributed by atoms with Crippen LogP contribution in [0.15, 0.2) is 59.0 Å². The van der Waals surface area contributed by atoms with Gasteiger partial charge >= 0.3 is 6.43 Å². The maximum Gasteiger partial charge on any atom is 0.314 e. The van der Waals surface area contributed by atoms with E-state index < -0.39 is 27.6 Å². The van der Waals surface area contributed by atoms with Crippen LogP contribution < -0.4 is 4.31 Å². The zero-order valence-electron chi connectivity index (χ0n) is 19.1. The highest BCUT2D eigenvalue weighted by Gasteiger charge is 2.35. The Balaban J connectivity index is 1.56. The Bertz CT molecular complexity index is 1180. The van der Waals surface area contributed by atoms with E-state index in [0.717, 1.165) is 18.7 Å². The van der Waals surface area contributed by atoms with Crippen molar-refractivity contribution in [2.45, 2.75) is 51.0 Å². The van der Waals surface area contributed by atoms with Gasteiger partial charge in [-0.1, -0.05) is 30.3 Å². The summed E-state index contributed by atoms with van der Waals surface area (Å²) in [6, 6.07) is 16.3. The summed E-state index contributed by atoms with van der Waals surface area (Å²) in [5.74, 6) is -0.741. The molecule has 1 saturated heterocycles. The Labute approximate surface area is 198 Å². The number of anilines is 1. The van der Waals surface area contributed by atoms with Crippen molar-refractivity contribution in [1.82, 2.24) is 15.1 Å². The maximum absolute atomic E-state index is 13.7. The number of hydrogen-bond donors (Lipinski definition) is 0. The molecule has 1 aromatic heterocycles. The minimum atomic E-state index is -3.61. The van der Waals surface area contributed by atoms with Gasteiger partial charge in [0.15, 0.2) is 0 Å². The molecule has 0 bridgehead atoms. The van der Waals surface area contributed by atoms with Gasteiger partial charge in [-0.15, -0.1) is 10.2 Å². The molecule has 1 fully saturated rings. The van der Waals surface area contributed by atoms with Gasteiger partial charge < -0.3 is 9.32 Å². The highest BCUT2D eigenvalue weighted by atomic mass is 32.2. The van der Waals surface area contributed by atoms with E-state index in [2.05, 4.69) is 28.9 Å². The number of halogens is 2. The third-order valence-corrected chi connectivity index (χ3v) is 8.40. The average molecular weight is 491 g/mol. The van der Waals surface area contributed by atoms with Crippen molar-refractivity contribution in [1.29, 1.82) is 0 Å². The number of hydrogen-bond acceptors (Lipinski definition) is 6. The molecule has 0 atom stereocenters. The van der Waals surface area contributed by atoms with Crippen LogP contribution in [0.2, 0.25) is 0 Å². The molecule has 0 saturated carbocycles. The molecule has 0 spiro atoms. The van der Waals surface area contributed by atoms with Crippen LogP contribution in [0.5, 0.6) is 0 Å². The third-order valence-electron chi connectivity index (χ3n) is 6.13. The van der Waals surface area contributed by atoms with Crippen molar-refractivity contribution in [2.24, 2.45) is 0 Å². The van der Waals surface area contributed by atoms with Gasteiger partial charge in [0.25, 0.3) is 5.89 Å². The van der Waals surface area contributed by atoms with Crippen LogP contribution >= 0.6 is 0 Å². The first-order valence-corrected chi connectivity index (χ1v) is 12.8. The molecule has 0 amide bonds. The van der Waals surface area contributed by atoms with Crippen molar-refractivity contribution >= 4 is 15.7 Å². The van der Waals surface area contributed by atoms with Crippen molar-refractivity contribution in [2.75, 3.05) is 17.4 Å². The first-order valence-electron chi connectivity index (χ1n) is 11.3. The molecule has 2 heterocycles. The van der Waals surface area contributed by atoms with Crippen LogP contribution in [-0.2, 0) is 16.6 Å². The molecule has 34 heavy (non-hydrogen) atoms. The fraction of sp³-hybridized carbons (Fsp3) is 0.417. The van der Waals surface area contributed by atoms with Crippen LogP contribution in [-0.4, -0.2) is 47.9 Å². The van der Waals surface area contributed by atoms with Gasteiger partial charge in [0.2, 0.25) is 15.9 Å². The van der Waals surface area contributed by atoms with Crippen LogP contribution in [0.4, 0.5) is 14.5 Å². The predicted molar refractivity (Wildman–Crippen MR) is 126 cm³/mol. The monoisotopic (exact) mass is 490 g/mol. The smallest absolute Gasteiger partial charge is 0.314 e. The van der Waals surface area contributed by atoms with Crippen molar-refractivity contribution in [3.8, 4) is 11.5 Å². The predicted octanol–water partition coefficient (Wildman–Crippen LogP) is 4.88. The number of piperidine rings is 1.